The summed E-state index contributed by atoms with van der Waals surface area (Å²) in [5.41, 5.74) is 0.367. The largest absolute Gasteiger partial charge is 0.465 e. The van der Waals surface area contributed by atoms with Crippen LogP contribution in [0, 0.1) is 5.92 Å². The van der Waals surface area contributed by atoms with Crippen molar-refractivity contribution in [2.75, 3.05) is 18.4 Å². The molecule has 0 radical (unpaired) electrons. The van der Waals surface area contributed by atoms with Gasteiger partial charge in [0.05, 0.1) is 12.2 Å². The summed E-state index contributed by atoms with van der Waals surface area (Å²) in [5, 5.41) is 23.9. The van der Waals surface area contributed by atoms with E-state index in [2.05, 4.69) is 10.3 Å². The molecule has 2 amide bonds. The average molecular weight is 329 g/mol. The average Bonchev–Trinajstić information content (AvgIpc) is 2.91. The fourth-order valence-corrected chi connectivity index (χ4v) is 2.42. The van der Waals surface area contributed by atoms with Crippen LogP contribution in [0.2, 0.25) is 0 Å². The monoisotopic (exact) mass is 329 g/mol. The Morgan fingerprint density at radius 3 is 2.68 bits per heavy atom. The van der Waals surface area contributed by atoms with Gasteiger partial charge in [0.2, 0.25) is 5.91 Å². The number of thiazole rings is 1. The normalized spacial score (nSPS) is 12.2. The van der Waals surface area contributed by atoms with E-state index in [0.717, 1.165) is 12.8 Å². The number of aromatic nitrogens is 1. The maximum atomic E-state index is 11.6. The van der Waals surface area contributed by atoms with Crippen molar-refractivity contribution in [2.45, 2.75) is 39.7 Å². The molecule has 0 aliphatic heterocycles. The van der Waals surface area contributed by atoms with Crippen molar-refractivity contribution in [1.29, 1.82) is 0 Å². The Balaban J connectivity index is 2.65. The molecule has 22 heavy (non-hydrogen) atoms. The number of carbonyl (C=O) groups is 2. The molecule has 0 aromatic carbocycles. The molecule has 124 valence electrons. The van der Waals surface area contributed by atoms with Gasteiger partial charge in [-0.15, -0.1) is 11.3 Å². The quantitative estimate of drug-likeness (QED) is 0.680. The third kappa shape index (κ3) is 5.61. The molecule has 1 unspecified atom stereocenters. The summed E-state index contributed by atoms with van der Waals surface area (Å²) in [6.45, 7) is 5.87. The van der Waals surface area contributed by atoms with E-state index in [9.17, 15) is 14.7 Å². The van der Waals surface area contributed by atoms with Gasteiger partial charge in [-0.2, -0.15) is 0 Å². The minimum Gasteiger partial charge on any atom is -0.465 e. The number of hydrogen-bond acceptors (Lipinski definition) is 5. The highest BCUT2D eigenvalue weighted by atomic mass is 32.1. The van der Waals surface area contributed by atoms with Gasteiger partial charge in [0.1, 0.15) is 6.10 Å². The number of carbonyl (C=O) groups excluding carboxylic acids is 1. The first-order valence-corrected chi connectivity index (χ1v) is 8.15. The van der Waals surface area contributed by atoms with Gasteiger partial charge in [0, 0.05) is 17.8 Å². The minimum atomic E-state index is -1.06. The number of nitrogens with zero attached hydrogens (tertiary/aromatic N) is 2. The molecule has 1 atom stereocenters. The Labute approximate surface area is 134 Å². The second-order valence-electron chi connectivity index (χ2n) is 5.32. The smallest absolute Gasteiger partial charge is 0.407 e. The number of aliphatic hydroxyl groups excluding tert-OH is 1. The second-order valence-corrected chi connectivity index (χ2v) is 6.18. The number of amides is 2. The van der Waals surface area contributed by atoms with E-state index in [-0.39, 0.29) is 18.4 Å². The molecule has 0 aliphatic rings. The summed E-state index contributed by atoms with van der Waals surface area (Å²) < 4.78 is 0. The van der Waals surface area contributed by atoms with Gasteiger partial charge in [0.25, 0.3) is 0 Å². The topological polar surface area (TPSA) is 103 Å². The highest BCUT2D eigenvalue weighted by Gasteiger charge is 2.20. The Morgan fingerprint density at radius 1 is 1.45 bits per heavy atom. The zero-order valence-corrected chi connectivity index (χ0v) is 13.9. The van der Waals surface area contributed by atoms with Crippen LogP contribution in [0.4, 0.5) is 9.93 Å². The van der Waals surface area contributed by atoms with Crippen LogP contribution < -0.4 is 5.32 Å². The molecule has 1 heterocycles. The minimum absolute atomic E-state index is 0.0311. The number of carboxylic acid groups (broad SMARTS) is 1. The molecule has 8 heteroatoms. The number of unbranched alkanes of at least 4 members (excludes halogenated alkanes) is 1. The second kappa shape index (κ2) is 8.70. The van der Waals surface area contributed by atoms with E-state index in [0.29, 0.717) is 17.4 Å². The van der Waals surface area contributed by atoms with Crippen LogP contribution in [0.3, 0.4) is 0 Å². The Morgan fingerprint density at radius 2 is 2.14 bits per heavy atom. The van der Waals surface area contributed by atoms with Crippen molar-refractivity contribution in [1.82, 2.24) is 9.88 Å². The molecule has 0 saturated heterocycles. The SMILES string of the molecule is CCCCN(CC(O)c1csc(NC(=O)C(C)C)n1)C(=O)O. The number of hydrogen-bond donors (Lipinski definition) is 3. The molecular weight excluding hydrogens is 306 g/mol. The summed E-state index contributed by atoms with van der Waals surface area (Å²) >= 11 is 1.21. The van der Waals surface area contributed by atoms with Crippen molar-refractivity contribution >= 4 is 28.5 Å². The summed E-state index contributed by atoms with van der Waals surface area (Å²) in [7, 11) is 0. The van der Waals surface area contributed by atoms with Crippen molar-refractivity contribution in [2.24, 2.45) is 5.92 Å². The van der Waals surface area contributed by atoms with E-state index < -0.39 is 12.2 Å². The molecule has 1 rings (SSSR count). The predicted molar refractivity (Wildman–Crippen MR) is 85.0 cm³/mol. The summed E-state index contributed by atoms with van der Waals surface area (Å²) in [6, 6.07) is 0. The van der Waals surface area contributed by atoms with Gasteiger partial charge < -0.3 is 20.4 Å². The van der Waals surface area contributed by atoms with Gasteiger partial charge in [-0.05, 0) is 6.42 Å². The van der Waals surface area contributed by atoms with Crippen molar-refractivity contribution in [3.63, 3.8) is 0 Å². The predicted octanol–water partition coefficient (Wildman–Crippen LogP) is 2.55. The van der Waals surface area contributed by atoms with Crippen molar-refractivity contribution in [3.05, 3.63) is 11.1 Å². The number of nitrogens with one attached hydrogen (secondary N) is 1. The van der Waals surface area contributed by atoms with Crippen LogP contribution in [-0.4, -0.2) is 45.2 Å². The van der Waals surface area contributed by atoms with Crippen LogP contribution in [0.1, 0.15) is 45.4 Å². The van der Waals surface area contributed by atoms with Crippen LogP contribution in [0.15, 0.2) is 5.38 Å². The lowest BCUT2D eigenvalue weighted by molar-refractivity contribution is -0.118. The standard InChI is InChI=1S/C14H23N3O4S/c1-4-5-6-17(14(20)21)7-11(18)10-8-22-13(15-10)16-12(19)9(2)3/h8-9,11,18H,4-7H2,1-3H3,(H,20,21)(H,15,16,19). The van der Waals surface area contributed by atoms with Gasteiger partial charge in [0.15, 0.2) is 5.13 Å². The van der Waals surface area contributed by atoms with Gasteiger partial charge in [-0.1, -0.05) is 27.2 Å². The Kier molecular flexibility index (Phi) is 7.26. The van der Waals surface area contributed by atoms with Crippen LogP contribution in [-0.2, 0) is 4.79 Å². The van der Waals surface area contributed by atoms with E-state index >= 15 is 0 Å². The van der Waals surface area contributed by atoms with E-state index in [1.807, 2.05) is 6.92 Å². The van der Waals surface area contributed by atoms with Gasteiger partial charge in [-0.3, -0.25) is 4.79 Å². The summed E-state index contributed by atoms with van der Waals surface area (Å²) in [4.78, 5) is 28.0. The van der Waals surface area contributed by atoms with Crippen molar-refractivity contribution < 1.29 is 19.8 Å². The first-order chi connectivity index (χ1) is 10.3. The zero-order valence-electron chi connectivity index (χ0n) is 13.1. The highest BCUT2D eigenvalue weighted by Crippen LogP contribution is 2.22. The van der Waals surface area contributed by atoms with Crippen molar-refractivity contribution in [3.8, 4) is 0 Å². The summed E-state index contributed by atoms with van der Waals surface area (Å²) in [5.74, 6) is -0.306. The fourth-order valence-electron chi connectivity index (χ4n) is 1.66. The Hall–Kier alpha value is -1.67. The maximum Gasteiger partial charge on any atom is 0.407 e. The molecule has 3 N–H and O–H groups in total. The van der Waals surface area contributed by atoms with Gasteiger partial charge >= 0.3 is 6.09 Å². The molecule has 0 saturated carbocycles. The maximum absolute atomic E-state index is 11.6. The number of anilines is 1. The highest BCUT2D eigenvalue weighted by molar-refractivity contribution is 7.13. The molecule has 0 bridgehead atoms. The zero-order chi connectivity index (χ0) is 16.7. The molecule has 1 aromatic heterocycles. The molecule has 1 aromatic rings. The molecule has 0 aliphatic carbocycles. The first kappa shape index (κ1) is 18.4. The van der Waals surface area contributed by atoms with Crippen LogP contribution >= 0.6 is 11.3 Å². The fraction of sp³-hybridized carbons (Fsp3) is 0.643. The summed E-state index contributed by atoms with van der Waals surface area (Å²) in [6.07, 6.45) is -0.446. The third-order valence-electron chi connectivity index (χ3n) is 3.06. The van der Waals surface area contributed by atoms with E-state index in [4.69, 9.17) is 5.11 Å². The Bertz CT molecular complexity index is 504. The van der Waals surface area contributed by atoms with Crippen LogP contribution in [0.25, 0.3) is 0 Å². The number of rotatable bonds is 8. The molecular formula is C14H23N3O4S. The molecule has 0 spiro atoms. The lowest BCUT2D eigenvalue weighted by Gasteiger charge is -2.21. The van der Waals surface area contributed by atoms with E-state index in [1.54, 1.807) is 19.2 Å². The first-order valence-electron chi connectivity index (χ1n) is 7.27. The number of aliphatic hydroxyl groups is 1. The van der Waals surface area contributed by atoms with E-state index in [1.165, 1.54) is 16.2 Å². The third-order valence-corrected chi connectivity index (χ3v) is 3.84. The van der Waals surface area contributed by atoms with Gasteiger partial charge in [-0.25, -0.2) is 9.78 Å². The lowest BCUT2D eigenvalue weighted by atomic mass is 10.2. The van der Waals surface area contributed by atoms with Crippen LogP contribution in [0.5, 0.6) is 0 Å². The lowest BCUT2D eigenvalue weighted by Crippen LogP contribution is -2.34. The molecule has 7 nitrogen and oxygen atoms in total. The molecule has 0 fully saturated rings.